The molecule has 0 aliphatic heterocycles. The van der Waals surface area contributed by atoms with Crippen LogP contribution in [0.1, 0.15) is 13.3 Å². The van der Waals surface area contributed by atoms with Gasteiger partial charge >= 0.3 is 0 Å². The summed E-state index contributed by atoms with van der Waals surface area (Å²) < 4.78 is 0. The first-order chi connectivity index (χ1) is 2.91. The van der Waals surface area contributed by atoms with E-state index >= 15 is 0 Å². The maximum Gasteiger partial charge on any atom is 0.266 e. The largest absolute Gasteiger partial charge is 0.277 e. The van der Waals surface area contributed by atoms with Gasteiger partial charge in [0.05, 0.1) is 0 Å². The van der Waals surface area contributed by atoms with Gasteiger partial charge in [0.25, 0.3) is 5.62 Å². The van der Waals surface area contributed by atoms with E-state index in [-0.39, 0.29) is 0 Å². The summed E-state index contributed by atoms with van der Waals surface area (Å²) in [7, 11) is 0. The van der Waals surface area contributed by atoms with Gasteiger partial charge in [-0.15, -0.1) is 0 Å². The summed E-state index contributed by atoms with van der Waals surface area (Å²) in [6.07, 6.45) is 1.06. The molecule has 0 aliphatic rings. The number of hydrogen-bond acceptors (Lipinski definition) is 2. The van der Waals surface area contributed by atoms with Crippen molar-refractivity contribution in [3.05, 3.63) is 0 Å². The second kappa shape index (κ2) is 5.02. The first-order valence-electron chi connectivity index (χ1n) is 1.90. The zero-order chi connectivity index (χ0) is 4.83. The molecule has 0 amide bonds. The summed E-state index contributed by atoms with van der Waals surface area (Å²) >= 11 is 1.20. The van der Waals surface area contributed by atoms with E-state index in [0.29, 0.717) is 0 Å². The molecule has 0 heterocycles. The highest BCUT2D eigenvalue weighted by atomic mass is 32.2. The van der Waals surface area contributed by atoms with E-state index in [1.807, 2.05) is 6.92 Å². The van der Waals surface area contributed by atoms with Gasteiger partial charge in [0, 0.05) is 5.75 Å². The lowest BCUT2D eigenvalue weighted by atomic mass is 10.6. The molecule has 0 N–H and O–H groups in total. The highest BCUT2D eigenvalue weighted by molar-refractivity contribution is 8.11. The summed E-state index contributed by atoms with van der Waals surface area (Å²) in [5.74, 6) is 0.906. The van der Waals surface area contributed by atoms with Crippen LogP contribution in [-0.2, 0) is 4.79 Å². The van der Waals surface area contributed by atoms with Crippen LogP contribution in [0.15, 0.2) is 0 Å². The lowest BCUT2D eigenvalue weighted by Crippen LogP contribution is -1.69. The minimum absolute atomic E-state index is 0.906. The zero-order valence-electron chi connectivity index (χ0n) is 3.73. The van der Waals surface area contributed by atoms with Crippen molar-refractivity contribution < 1.29 is 4.79 Å². The molecular formula is C4H7OS. The lowest BCUT2D eigenvalue weighted by Gasteiger charge is -1.77. The maximum atomic E-state index is 9.40. The van der Waals surface area contributed by atoms with Crippen molar-refractivity contribution in [1.82, 2.24) is 0 Å². The van der Waals surface area contributed by atoms with Gasteiger partial charge in [-0.3, -0.25) is 4.79 Å². The second-order valence-corrected chi connectivity index (χ2v) is 1.80. The summed E-state index contributed by atoms with van der Waals surface area (Å²) in [5.41, 5.74) is 1.74. The second-order valence-electron chi connectivity index (χ2n) is 0.932. The molecule has 0 bridgehead atoms. The van der Waals surface area contributed by atoms with E-state index in [0.717, 1.165) is 12.2 Å². The van der Waals surface area contributed by atoms with E-state index in [4.69, 9.17) is 0 Å². The van der Waals surface area contributed by atoms with Gasteiger partial charge < -0.3 is 0 Å². The van der Waals surface area contributed by atoms with Gasteiger partial charge in [0.15, 0.2) is 0 Å². The molecule has 0 spiro atoms. The van der Waals surface area contributed by atoms with Gasteiger partial charge in [-0.05, 0) is 6.42 Å². The van der Waals surface area contributed by atoms with Crippen molar-refractivity contribution in [3.8, 4) is 0 Å². The predicted molar refractivity (Wildman–Crippen MR) is 28.4 cm³/mol. The normalized spacial score (nSPS) is 8.17. The van der Waals surface area contributed by atoms with E-state index in [2.05, 4.69) is 0 Å². The summed E-state index contributed by atoms with van der Waals surface area (Å²) in [5, 5.41) is 0. The molecule has 2 heteroatoms. The zero-order valence-corrected chi connectivity index (χ0v) is 4.55. The molecule has 0 rings (SSSR count). The fourth-order valence-electron chi connectivity index (χ4n) is 0.144. The van der Waals surface area contributed by atoms with E-state index in [1.165, 1.54) is 11.8 Å². The first kappa shape index (κ1) is 6.02. The molecule has 0 fully saturated rings. The third-order valence-electron chi connectivity index (χ3n) is 0.365. The van der Waals surface area contributed by atoms with Gasteiger partial charge in [0.1, 0.15) is 0 Å². The molecule has 0 aromatic rings. The van der Waals surface area contributed by atoms with Crippen LogP contribution in [0.3, 0.4) is 0 Å². The topological polar surface area (TPSA) is 17.1 Å². The quantitative estimate of drug-likeness (QED) is 0.499. The van der Waals surface area contributed by atoms with Crippen molar-refractivity contribution >= 4 is 17.4 Å². The van der Waals surface area contributed by atoms with Gasteiger partial charge in [-0.25, -0.2) is 0 Å². The molecule has 0 saturated carbocycles. The van der Waals surface area contributed by atoms with Gasteiger partial charge in [0.2, 0.25) is 0 Å². The summed E-state index contributed by atoms with van der Waals surface area (Å²) in [6, 6.07) is 0. The molecule has 1 nitrogen and oxygen atoms in total. The molecule has 0 aromatic heterocycles. The van der Waals surface area contributed by atoms with Crippen molar-refractivity contribution in [2.45, 2.75) is 13.3 Å². The Labute approximate surface area is 42.1 Å². The average Bonchev–Trinajstić information content (AvgIpc) is 1.61. The molecule has 0 atom stereocenters. The van der Waals surface area contributed by atoms with Crippen molar-refractivity contribution in [1.29, 1.82) is 0 Å². The average molecular weight is 103 g/mol. The first-order valence-corrected chi connectivity index (χ1v) is 2.89. The number of thioether (sulfide) groups is 1. The van der Waals surface area contributed by atoms with Crippen LogP contribution in [-0.4, -0.2) is 11.4 Å². The Morgan fingerprint density at radius 3 is 2.67 bits per heavy atom. The Balaban J connectivity index is 2.49. The number of carbonyl (C=O) groups excluding carboxylic acids is 1. The van der Waals surface area contributed by atoms with Crippen molar-refractivity contribution in [3.63, 3.8) is 0 Å². The standard InChI is InChI=1S/C4H7OS/c1-2-3-6-4-5/h2-3H2,1H3. The minimum Gasteiger partial charge on any atom is -0.277 e. The van der Waals surface area contributed by atoms with Crippen LogP contribution in [0.4, 0.5) is 0 Å². The predicted octanol–water partition coefficient (Wildman–Crippen LogP) is 1.20. The van der Waals surface area contributed by atoms with Gasteiger partial charge in [-0.2, -0.15) is 0 Å². The SMILES string of the molecule is CCCS[C]=O. The summed E-state index contributed by atoms with van der Waals surface area (Å²) in [4.78, 5) is 9.40. The molecule has 0 unspecified atom stereocenters. The fourth-order valence-corrected chi connectivity index (χ4v) is 0.431. The monoisotopic (exact) mass is 103 g/mol. The number of rotatable bonds is 3. The third kappa shape index (κ3) is 4.02. The molecule has 0 aliphatic carbocycles. The molecule has 35 valence electrons. The van der Waals surface area contributed by atoms with Crippen LogP contribution >= 0.6 is 11.8 Å². The molecule has 6 heavy (non-hydrogen) atoms. The van der Waals surface area contributed by atoms with Crippen LogP contribution in [0.5, 0.6) is 0 Å². The Hall–Kier alpha value is 0.0200. The van der Waals surface area contributed by atoms with Crippen LogP contribution < -0.4 is 0 Å². The van der Waals surface area contributed by atoms with E-state index in [1.54, 1.807) is 5.62 Å². The van der Waals surface area contributed by atoms with Crippen LogP contribution in [0.25, 0.3) is 0 Å². The van der Waals surface area contributed by atoms with Crippen molar-refractivity contribution in [2.75, 3.05) is 5.75 Å². The minimum atomic E-state index is 0.906. The Kier molecular flexibility index (Phi) is 5.04. The summed E-state index contributed by atoms with van der Waals surface area (Å²) in [6.45, 7) is 2.03. The van der Waals surface area contributed by atoms with Crippen LogP contribution in [0.2, 0.25) is 0 Å². The molecular weight excluding hydrogens is 96.1 g/mol. The Bertz CT molecular complexity index is 36.5. The van der Waals surface area contributed by atoms with Crippen molar-refractivity contribution in [2.24, 2.45) is 0 Å². The Morgan fingerprint density at radius 2 is 2.50 bits per heavy atom. The fraction of sp³-hybridized carbons (Fsp3) is 0.750. The lowest BCUT2D eigenvalue weighted by molar-refractivity contribution is 0.570. The molecule has 1 radical (unpaired) electrons. The van der Waals surface area contributed by atoms with E-state index < -0.39 is 0 Å². The Morgan fingerprint density at radius 1 is 1.83 bits per heavy atom. The third-order valence-corrected chi connectivity index (χ3v) is 1.10. The molecule has 0 saturated heterocycles. The smallest absolute Gasteiger partial charge is 0.266 e. The van der Waals surface area contributed by atoms with Gasteiger partial charge in [-0.1, -0.05) is 18.7 Å². The highest BCUT2D eigenvalue weighted by Crippen LogP contribution is 1.93. The molecule has 0 aromatic carbocycles. The van der Waals surface area contributed by atoms with E-state index in [9.17, 15) is 4.79 Å². The number of hydrogen-bond donors (Lipinski definition) is 0. The maximum absolute atomic E-state index is 9.40. The highest BCUT2D eigenvalue weighted by Gasteiger charge is 1.76. The van der Waals surface area contributed by atoms with Crippen LogP contribution in [0, 0.1) is 0 Å².